The Balaban J connectivity index is 1.12. The number of amides is 2. The second-order valence-electron chi connectivity index (χ2n) is 8.20. The first-order chi connectivity index (χ1) is 13.3. The van der Waals surface area contributed by atoms with E-state index in [1.807, 2.05) is 4.90 Å². The van der Waals surface area contributed by atoms with Crippen LogP contribution in [0.4, 0.5) is 4.79 Å². The van der Waals surface area contributed by atoms with E-state index in [9.17, 15) is 4.79 Å². The van der Waals surface area contributed by atoms with Crippen LogP contribution >= 0.6 is 0 Å². The van der Waals surface area contributed by atoms with Crippen LogP contribution in [0.5, 0.6) is 0 Å². The van der Waals surface area contributed by atoms with E-state index in [2.05, 4.69) is 57.6 Å². The summed E-state index contributed by atoms with van der Waals surface area (Å²) in [7, 11) is 0. The zero-order valence-electron chi connectivity index (χ0n) is 16.2. The molecule has 146 valence electrons. The van der Waals surface area contributed by atoms with Crippen LogP contribution in [0.1, 0.15) is 18.4 Å². The maximum Gasteiger partial charge on any atom is 0.317 e. The second kappa shape index (κ2) is 8.89. The molecular formula is C22H32N4O. The Morgan fingerprint density at radius 1 is 0.926 bits per heavy atom. The quantitative estimate of drug-likeness (QED) is 0.812. The number of rotatable bonds is 5. The highest BCUT2D eigenvalue weighted by atomic mass is 16.2. The number of nitrogens with zero attached hydrogens (tertiary/aromatic N) is 3. The second-order valence-corrected chi connectivity index (χ2v) is 8.20. The van der Waals surface area contributed by atoms with Gasteiger partial charge < -0.3 is 10.2 Å². The van der Waals surface area contributed by atoms with Crippen molar-refractivity contribution in [3.8, 4) is 0 Å². The van der Waals surface area contributed by atoms with Gasteiger partial charge in [-0.1, -0.05) is 42.5 Å². The molecule has 1 N–H and O–H groups in total. The summed E-state index contributed by atoms with van der Waals surface area (Å²) in [5.41, 5.74) is 1.39. The molecule has 4 rings (SSSR count). The summed E-state index contributed by atoms with van der Waals surface area (Å²) >= 11 is 0. The lowest BCUT2D eigenvalue weighted by atomic mass is 9.86. The van der Waals surface area contributed by atoms with Gasteiger partial charge in [-0.3, -0.25) is 9.80 Å². The van der Waals surface area contributed by atoms with Crippen LogP contribution < -0.4 is 5.32 Å². The third kappa shape index (κ3) is 4.90. The number of carbonyl (C=O) groups is 1. The molecule has 0 aromatic heterocycles. The molecular weight excluding hydrogens is 336 g/mol. The first kappa shape index (κ1) is 18.5. The van der Waals surface area contributed by atoms with Crippen LogP contribution in [-0.4, -0.2) is 73.1 Å². The highest BCUT2D eigenvalue weighted by Crippen LogP contribution is 2.32. The maximum absolute atomic E-state index is 12.5. The summed E-state index contributed by atoms with van der Waals surface area (Å²) < 4.78 is 0. The SMILES string of the molecule is O=C(NCCN1CCN(Cc2ccccc2)CC1)N1C[C@H]2CC=CC[C@H]2C1. The summed E-state index contributed by atoms with van der Waals surface area (Å²) in [5.74, 6) is 1.36. The van der Waals surface area contributed by atoms with E-state index in [0.29, 0.717) is 11.8 Å². The number of fused-ring (bicyclic) bond motifs is 1. The molecule has 0 bridgehead atoms. The highest BCUT2D eigenvalue weighted by Gasteiger charge is 2.34. The fourth-order valence-electron chi connectivity index (χ4n) is 4.63. The van der Waals surface area contributed by atoms with Crippen LogP contribution in [0.2, 0.25) is 0 Å². The van der Waals surface area contributed by atoms with E-state index in [1.54, 1.807) is 0 Å². The predicted molar refractivity (Wildman–Crippen MR) is 108 cm³/mol. The van der Waals surface area contributed by atoms with Crippen LogP contribution in [0.15, 0.2) is 42.5 Å². The van der Waals surface area contributed by atoms with E-state index in [4.69, 9.17) is 0 Å². The molecule has 2 fully saturated rings. The number of hydrogen-bond acceptors (Lipinski definition) is 3. The molecule has 1 aliphatic carbocycles. The molecule has 5 heteroatoms. The molecule has 0 radical (unpaired) electrons. The van der Waals surface area contributed by atoms with Gasteiger partial charge in [0.25, 0.3) is 0 Å². The van der Waals surface area contributed by atoms with Gasteiger partial charge in [0.15, 0.2) is 0 Å². The summed E-state index contributed by atoms with van der Waals surface area (Å²) in [6, 6.07) is 10.8. The maximum atomic E-state index is 12.5. The van der Waals surface area contributed by atoms with Gasteiger partial charge in [-0.15, -0.1) is 0 Å². The zero-order valence-corrected chi connectivity index (χ0v) is 16.2. The fraction of sp³-hybridized carbons (Fsp3) is 0.591. The molecule has 3 aliphatic rings. The molecule has 2 heterocycles. The monoisotopic (exact) mass is 368 g/mol. The fourth-order valence-corrected chi connectivity index (χ4v) is 4.63. The number of urea groups is 1. The lowest BCUT2D eigenvalue weighted by Gasteiger charge is -2.34. The largest absolute Gasteiger partial charge is 0.337 e. The van der Waals surface area contributed by atoms with Gasteiger partial charge in [0, 0.05) is 58.9 Å². The first-order valence-corrected chi connectivity index (χ1v) is 10.4. The molecule has 2 atom stereocenters. The van der Waals surface area contributed by atoms with Crippen molar-refractivity contribution in [1.29, 1.82) is 0 Å². The molecule has 2 aliphatic heterocycles. The molecule has 0 spiro atoms. The number of piperazine rings is 1. The highest BCUT2D eigenvalue weighted by molar-refractivity contribution is 5.74. The van der Waals surface area contributed by atoms with Crippen molar-refractivity contribution >= 4 is 6.03 Å². The van der Waals surface area contributed by atoms with Crippen molar-refractivity contribution in [3.05, 3.63) is 48.0 Å². The van der Waals surface area contributed by atoms with Crippen LogP contribution in [0, 0.1) is 11.8 Å². The number of allylic oxidation sites excluding steroid dienone is 2. The van der Waals surface area contributed by atoms with Gasteiger partial charge in [-0.2, -0.15) is 0 Å². The molecule has 27 heavy (non-hydrogen) atoms. The van der Waals surface area contributed by atoms with Gasteiger partial charge >= 0.3 is 6.03 Å². The number of likely N-dealkylation sites (tertiary alicyclic amines) is 1. The van der Waals surface area contributed by atoms with Crippen LogP contribution in [-0.2, 0) is 6.54 Å². The smallest absolute Gasteiger partial charge is 0.317 e. The number of benzene rings is 1. The molecule has 0 saturated carbocycles. The van der Waals surface area contributed by atoms with Crippen LogP contribution in [0.25, 0.3) is 0 Å². The summed E-state index contributed by atoms with van der Waals surface area (Å²) in [4.78, 5) is 19.5. The van der Waals surface area contributed by atoms with Gasteiger partial charge in [-0.05, 0) is 30.2 Å². The van der Waals surface area contributed by atoms with E-state index in [1.165, 1.54) is 5.56 Å². The third-order valence-electron chi connectivity index (χ3n) is 6.33. The van der Waals surface area contributed by atoms with Crippen molar-refractivity contribution in [2.75, 3.05) is 52.4 Å². The Kier molecular flexibility index (Phi) is 6.10. The minimum atomic E-state index is 0.132. The van der Waals surface area contributed by atoms with Gasteiger partial charge in [-0.25, -0.2) is 4.79 Å². The van der Waals surface area contributed by atoms with Gasteiger partial charge in [0.1, 0.15) is 0 Å². The Morgan fingerprint density at radius 2 is 1.56 bits per heavy atom. The van der Waals surface area contributed by atoms with Crippen molar-refractivity contribution in [1.82, 2.24) is 20.0 Å². The summed E-state index contributed by atoms with van der Waals surface area (Å²) in [6.45, 7) is 8.98. The Morgan fingerprint density at radius 3 is 2.22 bits per heavy atom. The Bertz CT molecular complexity index is 623. The van der Waals surface area contributed by atoms with E-state index in [0.717, 1.165) is 71.7 Å². The predicted octanol–water partition coefficient (Wildman–Crippen LogP) is 2.41. The molecule has 5 nitrogen and oxygen atoms in total. The van der Waals surface area contributed by atoms with E-state index < -0.39 is 0 Å². The molecule has 1 aromatic rings. The average molecular weight is 369 g/mol. The van der Waals surface area contributed by atoms with Crippen molar-refractivity contribution in [2.45, 2.75) is 19.4 Å². The number of nitrogens with one attached hydrogen (secondary N) is 1. The first-order valence-electron chi connectivity index (χ1n) is 10.4. The standard InChI is InChI=1S/C22H32N4O/c27-22(26-17-20-8-4-5-9-21(20)18-26)23-10-11-24-12-14-25(15-13-24)16-19-6-2-1-3-7-19/h1-7,20-21H,8-18H2,(H,23,27)/t20-,21+. The minimum absolute atomic E-state index is 0.132. The topological polar surface area (TPSA) is 38.8 Å². The lowest BCUT2D eigenvalue weighted by molar-refractivity contribution is 0.127. The minimum Gasteiger partial charge on any atom is -0.337 e. The average Bonchev–Trinajstić information content (AvgIpc) is 3.14. The Hall–Kier alpha value is -1.85. The third-order valence-corrected chi connectivity index (χ3v) is 6.33. The van der Waals surface area contributed by atoms with Gasteiger partial charge in [0.05, 0.1) is 0 Å². The van der Waals surface area contributed by atoms with Crippen molar-refractivity contribution < 1.29 is 4.79 Å². The van der Waals surface area contributed by atoms with E-state index in [-0.39, 0.29) is 6.03 Å². The van der Waals surface area contributed by atoms with E-state index >= 15 is 0 Å². The van der Waals surface area contributed by atoms with Gasteiger partial charge in [0.2, 0.25) is 0 Å². The number of hydrogen-bond donors (Lipinski definition) is 1. The molecule has 2 saturated heterocycles. The molecule has 0 unspecified atom stereocenters. The lowest BCUT2D eigenvalue weighted by Crippen LogP contribution is -2.49. The van der Waals surface area contributed by atoms with Crippen LogP contribution in [0.3, 0.4) is 0 Å². The number of carbonyl (C=O) groups excluding carboxylic acids is 1. The summed E-state index contributed by atoms with van der Waals surface area (Å²) in [6.07, 6.45) is 6.84. The normalized spacial score (nSPS) is 26.1. The Labute approximate surface area is 163 Å². The summed E-state index contributed by atoms with van der Waals surface area (Å²) in [5, 5.41) is 3.14. The molecule has 1 aromatic carbocycles. The molecule has 2 amide bonds. The zero-order chi connectivity index (χ0) is 18.5. The van der Waals surface area contributed by atoms with Crippen molar-refractivity contribution in [2.24, 2.45) is 11.8 Å². The van der Waals surface area contributed by atoms with Crippen molar-refractivity contribution in [3.63, 3.8) is 0 Å².